The van der Waals surface area contributed by atoms with Gasteiger partial charge in [0.05, 0.1) is 6.61 Å². The quantitative estimate of drug-likeness (QED) is 0.640. The summed E-state index contributed by atoms with van der Waals surface area (Å²) in [5.74, 6) is -1.09. The number of benzene rings is 2. The molecule has 0 heterocycles. The lowest BCUT2D eigenvalue weighted by Crippen LogP contribution is -2.50. The molecule has 0 aliphatic heterocycles. The molecule has 6 heteroatoms. The second-order valence-electron chi connectivity index (χ2n) is 5.98. The number of aliphatic carboxylic acids is 1. The maximum atomic E-state index is 12.5. The predicted octanol–water partition coefficient (Wildman–Crippen LogP) is 1.93. The van der Waals surface area contributed by atoms with Gasteiger partial charge in [0, 0.05) is 19.5 Å². The fourth-order valence-electron chi connectivity index (χ4n) is 2.63. The summed E-state index contributed by atoms with van der Waals surface area (Å²) in [5, 5.41) is 21.2. The summed E-state index contributed by atoms with van der Waals surface area (Å²) >= 11 is 0. The maximum Gasteiger partial charge on any atom is 0.326 e. The van der Waals surface area contributed by atoms with E-state index in [-0.39, 0.29) is 19.6 Å². The largest absolute Gasteiger partial charge is 0.480 e. The van der Waals surface area contributed by atoms with Crippen LogP contribution in [0.3, 0.4) is 0 Å². The van der Waals surface area contributed by atoms with Crippen LogP contribution >= 0.6 is 0 Å². The van der Waals surface area contributed by atoms with Crippen LogP contribution in [0.25, 0.3) is 0 Å². The fourth-order valence-corrected chi connectivity index (χ4v) is 2.63. The number of amides is 2. The van der Waals surface area contributed by atoms with Crippen LogP contribution in [0.1, 0.15) is 11.1 Å². The second-order valence-corrected chi connectivity index (χ2v) is 5.98. The van der Waals surface area contributed by atoms with Crippen molar-refractivity contribution < 1.29 is 19.8 Å². The highest BCUT2D eigenvalue weighted by Gasteiger charge is 2.23. The van der Waals surface area contributed by atoms with Crippen molar-refractivity contribution in [1.82, 2.24) is 10.2 Å². The van der Waals surface area contributed by atoms with E-state index >= 15 is 0 Å². The minimum absolute atomic E-state index is 0.149. The Bertz CT molecular complexity index is 691. The van der Waals surface area contributed by atoms with E-state index in [4.69, 9.17) is 0 Å². The first-order chi connectivity index (χ1) is 12.6. The van der Waals surface area contributed by atoms with Gasteiger partial charge in [-0.3, -0.25) is 0 Å². The molecule has 0 bridgehead atoms. The molecule has 0 radical (unpaired) electrons. The van der Waals surface area contributed by atoms with Crippen LogP contribution in [0.2, 0.25) is 0 Å². The van der Waals surface area contributed by atoms with Crippen molar-refractivity contribution in [3.63, 3.8) is 0 Å². The number of aliphatic hydroxyl groups excluding tert-OH is 1. The van der Waals surface area contributed by atoms with Gasteiger partial charge in [-0.05, 0) is 17.5 Å². The van der Waals surface area contributed by atoms with E-state index in [0.717, 1.165) is 11.1 Å². The molecule has 26 heavy (non-hydrogen) atoms. The molecule has 6 nitrogen and oxygen atoms in total. The lowest BCUT2D eigenvalue weighted by atomic mass is 10.1. The van der Waals surface area contributed by atoms with Crippen molar-refractivity contribution in [2.75, 3.05) is 19.7 Å². The molecule has 138 valence electrons. The Morgan fingerprint density at radius 2 is 1.50 bits per heavy atom. The van der Waals surface area contributed by atoms with Gasteiger partial charge >= 0.3 is 12.0 Å². The van der Waals surface area contributed by atoms with Gasteiger partial charge < -0.3 is 20.4 Å². The molecule has 2 aromatic rings. The first kappa shape index (κ1) is 19.5. The summed E-state index contributed by atoms with van der Waals surface area (Å²) in [6.45, 7) is 0.364. The molecule has 0 aromatic heterocycles. The van der Waals surface area contributed by atoms with Crippen molar-refractivity contribution in [2.24, 2.45) is 0 Å². The molecule has 0 spiro atoms. The molecule has 0 fully saturated rings. The van der Waals surface area contributed by atoms with E-state index in [0.29, 0.717) is 13.0 Å². The van der Waals surface area contributed by atoms with Gasteiger partial charge in [-0.15, -0.1) is 0 Å². The van der Waals surface area contributed by atoms with Crippen molar-refractivity contribution in [1.29, 1.82) is 0 Å². The topological polar surface area (TPSA) is 89.9 Å². The van der Waals surface area contributed by atoms with E-state index in [2.05, 4.69) is 5.32 Å². The number of nitrogens with zero attached hydrogens (tertiary/aromatic N) is 1. The zero-order valence-electron chi connectivity index (χ0n) is 14.5. The Kier molecular flexibility index (Phi) is 7.64. The summed E-state index contributed by atoms with van der Waals surface area (Å²) in [7, 11) is 0. The number of hydrogen-bond acceptors (Lipinski definition) is 3. The Balaban J connectivity index is 1.98. The van der Waals surface area contributed by atoms with Crippen molar-refractivity contribution in [2.45, 2.75) is 18.9 Å². The third-order valence-corrected chi connectivity index (χ3v) is 4.05. The van der Waals surface area contributed by atoms with Gasteiger partial charge in [-0.2, -0.15) is 0 Å². The van der Waals surface area contributed by atoms with Crippen LogP contribution in [0.15, 0.2) is 60.7 Å². The van der Waals surface area contributed by atoms with Crippen molar-refractivity contribution in [3.8, 4) is 0 Å². The second kappa shape index (κ2) is 10.2. The van der Waals surface area contributed by atoms with Gasteiger partial charge in [-0.1, -0.05) is 60.7 Å². The van der Waals surface area contributed by atoms with E-state index in [9.17, 15) is 19.8 Å². The molecule has 3 N–H and O–H groups in total. The monoisotopic (exact) mass is 356 g/mol. The van der Waals surface area contributed by atoms with Gasteiger partial charge in [0.2, 0.25) is 0 Å². The Morgan fingerprint density at radius 3 is 2.04 bits per heavy atom. The number of aliphatic hydroxyl groups is 1. The zero-order valence-corrected chi connectivity index (χ0v) is 14.5. The first-order valence-electron chi connectivity index (χ1n) is 8.57. The molecular formula is C20H24N2O4. The number of carbonyl (C=O) groups is 2. The Hall–Kier alpha value is -2.86. The van der Waals surface area contributed by atoms with Crippen LogP contribution in [-0.2, 0) is 17.6 Å². The zero-order chi connectivity index (χ0) is 18.8. The number of urea groups is 1. The lowest BCUT2D eigenvalue weighted by Gasteiger charge is -2.24. The Labute approximate surface area is 153 Å². The molecule has 0 unspecified atom stereocenters. The normalized spacial score (nSPS) is 11.6. The number of rotatable bonds is 9. The van der Waals surface area contributed by atoms with Crippen LogP contribution in [0, 0.1) is 0 Å². The van der Waals surface area contributed by atoms with Crippen LogP contribution in [-0.4, -0.2) is 52.9 Å². The summed E-state index contributed by atoms with van der Waals surface area (Å²) in [6, 6.07) is 17.3. The molecule has 2 rings (SSSR count). The van der Waals surface area contributed by atoms with Gasteiger partial charge in [0.15, 0.2) is 0 Å². The average Bonchev–Trinajstić information content (AvgIpc) is 2.66. The number of nitrogens with one attached hydrogen (secondary N) is 1. The molecular weight excluding hydrogens is 332 g/mol. The van der Waals surface area contributed by atoms with E-state index < -0.39 is 18.0 Å². The highest BCUT2D eigenvalue weighted by molar-refractivity contribution is 5.82. The summed E-state index contributed by atoms with van der Waals surface area (Å²) in [5.41, 5.74) is 1.90. The summed E-state index contributed by atoms with van der Waals surface area (Å²) < 4.78 is 0. The van der Waals surface area contributed by atoms with Crippen molar-refractivity contribution in [3.05, 3.63) is 71.8 Å². The average molecular weight is 356 g/mol. The van der Waals surface area contributed by atoms with E-state index in [1.54, 1.807) is 0 Å². The number of carboxylic acid groups (broad SMARTS) is 1. The van der Waals surface area contributed by atoms with Gasteiger partial charge in [0.1, 0.15) is 6.04 Å². The van der Waals surface area contributed by atoms with Gasteiger partial charge in [-0.25, -0.2) is 9.59 Å². The third kappa shape index (κ3) is 6.22. The van der Waals surface area contributed by atoms with Crippen LogP contribution in [0.5, 0.6) is 0 Å². The standard InChI is InChI=1S/C20H24N2O4/c23-14-13-22(12-11-16-7-3-1-4-8-16)20(26)21-18(19(24)25)15-17-9-5-2-6-10-17/h1-10,18,23H,11-15H2,(H,21,26)(H,24,25)/t18-/m1/s1. The number of carboxylic acids is 1. The third-order valence-electron chi connectivity index (χ3n) is 4.05. The van der Waals surface area contributed by atoms with Crippen molar-refractivity contribution >= 4 is 12.0 Å². The molecule has 1 atom stereocenters. The van der Waals surface area contributed by atoms with Gasteiger partial charge in [0.25, 0.3) is 0 Å². The molecule has 2 amide bonds. The first-order valence-corrected chi connectivity index (χ1v) is 8.57. The molecule has 2 aromatic carbocycles. The summed E-state index contributed by atoms with van der Waals surface area (Å²) in [4.78, 5) is 25.5. The number of carbonyl (C=O) groups excluding carboxylic acids is 1. The SMILES string of the molecule is O=C(O)[C@@H](Cc1ccccc1)NC(=O)N(CCO)CCc1ccccc1. The maximum absolute atomic E-state index is 12.5. The fraction of sp³-hybridized carbons (Fsp3) is 0.300. The Morgan fingerprint density at radius 1 is 0.923 bits per heavy atom. The predicted molar refractivity (Wildman–Crippen MR) is 98.9 cm³/mol. The van der Waals surface area contributed by atoms with Crippen LogP contribution in [0.4, 0.5) is 4.79 Å². The smallest absolute Gasteiger partial charge is 0.326 e. The van der Waals surface area contributed by atoms with E-state index in [1.165, 1.54) is 4.90 Å². The number of hydrogen-bond donors (Lipinski definition) is 3. The summed E-state index contributed by atoms with van der Waals surface area (Å²) in [6.07, 6.45) is 0.832. The molecule has 0 aliphatic rings. The minimum atomic E-state index is -1.09. The minimum Gasteiger partial charge on any atom is -0.480 e. The molecule has 0 saturated carbocycles. The highest BCUT2D eigenvalue weighted by Crippen LogP contribution is 2.06. The molecule has 0 aliphatic carbocycles. The van der Waals surface area contributed by atoms with E-state index in [1.807, 2.05) is 60.7 Å². The highest BCUT2D eigenvalue weighted by atomic mass is 16.4. The molecule has 0 saturated heterocycles. The lowest BCUT2D eigenvalue weighted by molar-refractivity contribution is -0.139. The van der Waals surface area contributed by atoms with Crippen LogP contribution < -0.4 is 5.32 Å².